The summed E-state index contributed by atoms with van der Waals surface area (Å²) in [5.41, 5.74) is 0. The average Bonchev–Trinajstić information content (AvgIpc) is 2.17. The molecule has 0 spiro atoms. The lowest BCUT2D eigenvalue weighted by atomic mass is 10.2. The number of amides is 1. The third-order valence-corrected chi connectivity index (χ3v) is 2.44. The van der Waals surface area contributed by atoms with Gasteiger partial charge in [0.15, 0.2) is 0 Å². The third kappa shape index (κ3) is 4.36. The minimum atomic E-state index is -0.301. The van der Waals surface area contributed by atoms with E-state index in [9.17, 15) is 4.79 Å². The average molecular weight is 237 g/mol. The van der Waals surface area contributed by atoms with Crippen molar-refractivity contribution in [3.63, 3.8) is 0 Å². The first-order chi connectivity index (χ1) is 6.65. The van der Waals surface area contributed by atoms with Gasteiger partial charge in [0.2, 0.25) is 0 Å². The first-order valence-corrected chi connectivity index (χ1v) is 5.29. The second-order valence-electron chi connectivity index (χ2n) is 3.74. The number of carbonyl (C=O) groups excluding carboxylic acids is 1. The quantitative estimate of drug-likeness (QED) is 0.783. The van der Waals surface area contributed by atoms with E-state index < -0.39 is 0 Å². The monoisotopic (exact) mass is 236 g/mol. The van der Waals surface area contributed by atoms with Crippen LogP contribution in [0.1, 0.15) is 20.8 Å². The first kappa shape index (κ1) is 14.7. The van der Waals surface area contributed by atoms with E-state index in [0.29, 0.717) is 12.6 Å². The molecule has 15 heavy (non-hydrogen) atoms. The molecule has 0 aromatic carbocycles. The molecule has 1 unspecified atom stereocenters. The lowest BCUT2D eigenvalue weighted by Gasteiger charge is -2.33. The Labute approximate surface area is 97.8 Å². The lowest BCUT2D eigenvalue weighted by molar-refractivity contribution is -0.143. The van der Waals surface area contributed by atoms with Crippen molar-refractivity contribution < 1.29 is 9.53 Å². The SMILES string of the molecule is CCOC(C)C(=O)N1CCN[C@@H](C)C1.Cl. The second kappa shape index (κ2) is 7.04. The second-order valence-corrected chi connectivity index (χ2v) is 3.74. The van der Waals surface area contributed by atoms with Crippen LogP contribution in [-0.4, -0.2) is 49.2 Å². The summed E-state index contributed by atoms with van der Waals surface area (Å²) in [6, 6.07) is 0.390. The van der Waals surface area contributed by atoms with Crippen molar-refractivity contribution in [2.24, 2.45) is 0 Å². The predicted octanol–water partition coefficient (Wildman–Crippen LogP) is 0.654. The minimum absolute atomic E-state index is 0. The van der Waals surface area contributed by atoms with Crippen molar-refractivity contribution in [3.05, 3.63) is 0 Å². The summed E-state index contributed by atoms with van der Waals surface area (Å²) >= 11 is 0. The van der Waals surface area contributed by atoms with Gasteiger partial charge >= 0.3 is 0 Å². The highest BCUT2D eigenvalue weighted by Gasteiger charge is 2.24. The van der Waals surface area contributed by atoms with Crippen LogP contribution in [0.5, 0.6) is 0 Å². The Morgan fingerprint density at radius 1 is 1.67 bits per heavy atom. The van der Waals surface area contributed by atoms with E-state index in [4.69, 9.17) is 4.74 Å². The van der Waals surface area contributed by atoms with E-state index >= 15 is 0 Å². The Hall–Kier alpha value is -0.320. The summed E-state index contributed by atoms with van der Waals surface area (Å²) in [5.74, 6) is 0.111. The van der Waals surface area contributed by atoms with Crippen LogP contribution in [0.4, 0.5) is 0 Å². The molecule has 1 aliphatic heterocycles. The number of nitrogens with one attached hydrogen (secondary N) is 1. The van der Waals surface area contributed by atoms with Crippen LogP contribution in [-0.2, 0) is 9.53 Å². The van der Waals surface area contributed by atoms with Gasteiger partial charge in [-0.25, -0.2) is 0 Å². The van der Waals surface area contributed by atoms with Crippen LogP contribution in [0.15, 0.2) is 0 Å². The standard InChI is InChI=1S/C10H20N2O2.ClH/c1-4-14-9(3)10(13)12-6-5-11-8(2)7-12;/h8-9,11H,4-7H2,1-3H3;1H/t8-,9?;/m0./s1. The van der Waals surface area contributed by atoms with Crippen LogP contribution in [0.25, 0.3) is 0 Å². The summed E-state index contributed by atoms with van der Waals surface area (Å²) in [6.45, 7) is 8.87. The molecular weight excluding hydrogens is 216 g/mol. The molecule has 1 saturated heterocycles. The largest absolute Gasteiger partial charge is 0.369 e. The highest BCUT2D eigenvalue weighted by molar-refractivity contribution is 5.85. The molecule has 0 aromatic rings. The summed E-state index contributed by atoms with van der Waals surface area (Å²) in [7, 11) is 0. The van der Waals surface area contributed by atoms with Gasteiger partial charge < -0.3 is 15.0 Å². The van der Waals surface area contributed by atoms with Crippen LogP contribution < -0.4 is 5.32 Å². The Kier molecular flexibility index (Phi) is 6.89. The number of piperazine rings is 1. The van der Waals surface area contributed by atoms with E-state index in [1.807, 2.05) is 18.7 Å². The molecule has 1 fully saturated rings. The number of halogens is 1. The van der Waals surface area contributed by atoms with Gasteiger partial charge in [-0.2, -0.15) is 0 Å². The van der Waals surface area contributed by atoms with Gasteiger partial charge in [-0.1, -0.05) is 0 Å². The number of nitrogens with zero attached hydrogens (tertiary/aromatic N) is 1. The fourth-order valence-electron chi connectivity index (χ4n) is 1.71. The zero-order valence-corrected chi connectivity index (χ0v) is 10.5. The van der Waals surface area contributed by atoms with Gasteiger partial charge in [0.05, 0.1) is 0 Å². The van der Waals surface area contributed by atoms with Gasteiger partial charge in [-0.05, 0) is 20.8 Å². The van der Waals surface area contributed by atoms with Crippen LogP contribution in [0, 0.1) is 0 Å². The molecule has 0 bridgehead atoms. The van der Waals surface area contributed by atoms with Crippen LogP contribution in [0.3, 0.4) is 0 Å². The molecule has 1 amide bonds. The fraction of sp³-hybridized carbons (Fsp3) is 0.900. The molecule has 2 atom stereocenters. The lowest BCUT2D eigenvalue weighted by Crippen LogP contribution is -2.53. The number of hydrogen-bond acceptors (Lipinski definition) is 3. The molecule has 0 saturated carbocycles. The molecule has 0 radical (unpaired) electrons. The number of ether oxygens (including phenoxy) is 1. The maximum atomic E-state index is 11.8. The van der Waals surface area contributed by atoms with Crippen molar-refractivity contribution in [2.75, 3.05) is 26.2 Å². The predicted molar refractivity (Wildman–Crippen MR) is 62.4 cm³/mol. The maximum absolute atomic E-state index is 11.8. The van der Waals surface area contributed by atoms with E-state index in [1.165, 1.54) is 0 Å². The Balaban J connectivity index is 0.00000196. The minimum Gasteiger partial charge on any atom is -0.369 e. The van der Waals surface area contributed by atoms with Gasteiger partial charge in [0.25, 0.3) is 5.91 Å². The summed E-state index contributed by atoms with van der Waals surface area (Å²) < 4.78 is 5.28. The molecule has 1 N–H and O–H groups in total. The van der Waals surface area contributed by atoms with E-state index in [0.717, 1.165) is 19.6 Å². The van der Waals surface area contributed by atoms with Crippen molar-refractivity contribution in [2.45, 2.75) is 32.9 Å². The van der Waals surface area contributed by atoms with Gasteiger partial charge in [-0.15, -0.1) is 12.4 Å². The number of carbonyl (C=O) groups is 1. The highest BCUT2D eigenvalue weighted by atomic mass is 35.5. The molecule has 1 rings (SSSR count). The smallest absolute Gasteiger partial charge is 0.251 e. The van der Waals surface area contributed by atoms with Crippen molar-refractivity contribution in [1.82, 2.24) is 10.2 Å². The van der Waals surface area contributed by atoms with Gasteiger partial charge in [-0.3, -0.25) is 4.79 Å². The fourth-order valence-corrected chi connectivity index (χ4v) is 1.71. The molecule has 0 aliphatic carbocycles. The van der Waals surface area contributed by atoms with Gasteiger partial charge in [0.1, 0.15) is 6.10 Å². The highest BCUT2D eigenvalue weighted by Crippen LogP contribution is 2.03. The topological polar surface area (TPSA) is 41.6 Å². The molecular formula is C10H21ClN2O2. The zero-order valence-electron chi connectivity index (χ0n) is 9.66. The third-order valence-electron chi connectivity index (χ3n) is 2.44. The number of rotatable bonds is 3. The zero-order chi connectivity index (χ0) is 10.6. The Bertz CT molecular complexity index is 202. The van der Waals surface area contributed by atoms with E-state index in [2.05, 4.69) is 12.2 Å². The molecule has 1 aliphatic rings. The normalized spacial score (nSPS) is 23.1. The van der Waals surface area contributed by atoms with Crippen LogP contribution >= 0.6 is 12.4 Å². The molecule has 90 valence electrons. The summed E-state index contributed by atoms with van der Waals surface area (Å²) in [6.07, 6.45) is -0.301. The molecule has 4 nitrogen and oxygen atoms in total. The first-order valence-electron chi connectivity index (χ1n) is 5.29. The van der Waals surface area contributed by atoms with Crippen molar-refractivity contribution >= 4 is 18.3 Å². The van der Waals surface area contributed by atoms with E-state index in [1.54, 1.807) is 0 Å². The van der Waals surface area contributed by atoms with Gasteiger partial charge in [0, 0.05) is 32.3 Å². The molecule has 1 heterocycles. The van der Waals surface area contributed by atoms with E-state index in [-0.39, 0.29) is 24.4 Å². The summed E-state index contributed by atoms with van der Waals surface area (Å²) in [5, 5.41) is 3.30. The van der Waals surface area contributed by atoms with Crippen molar-refractivity contribution in [3.8, 4) is 0 Å². The van der Waals surface area contributed by atoms with Crippen molar-refractivity contribution in [1.29, 1.82) is 0 Å². The van der Waals surface area contributed by atoms with Crippen LogP contribution in [0.2, 0.25) is 0 Å². The summed E-state index contributed by atoms with van der Waals surface area (Å²) in [4.78, 5) is 13.7. The maximum Gasteiger partial charge on any atom is 0.251 e. The Morgan fingerprint density at radius 3 is 2.87 bits per heavy atom. The molecule has 0 aromatic heterocycles. The number of hydrogen-bond donors (Lipinski definition) is 1. The Morgan fingerprint density at radius 2 is 2.33 bits per heavy atom. The molecule has 5 heteroatoms.